The number of aromatic nitrogens is 3. The zero-order valence-electron chi connectivity index (χ0n) is 12.5. The molecular formula is C15H18N4O3. The Bertz CT molecular complexity index is 653. The summed E-state index contributed by atoms with van der Waals surface area (Å²) in [6.45, 7) is 3.95. The average molecular weight is 302 g/mol. The molecule has 0 aliphatic carbocycles. The molecule has 0 fully saturated rings. The van der Waals surface area contributed by atoms with Gasteiger partial charge >= 0.3 is 5.97 Å². The molecule has 1 heterocycles. The fourth-order valence-electron chi connectivity index (χ4n) is 2.13. The lowest BCUT2D eigenvalue weighted by Gasteiger charge is -2.23. The van der Waals surface area contributed by atoms with Crippen molar-refractivity contribution in [3.8, 4) is 5.69 Å². The summed E-state index contributed by atoms with van der Waals surface area (Å²) in [6, 6.07) is 6.87. The Labute approximate surface area is 128 Å². The van der Waals surface area contributed by atoms with Gasteiger partial charge in [-0.25, -0.2) is 9.67 Å². The Morgan fingerprint density at radius 1 is 1.36 bits per heavy atom. The minimum Gasteiger partial charge on any atom is -0.480 e. The highest BCUT2D eigenvalue weighted by molar-refractivity contribution is 5.96. The van der Waals surface area contributed by atoms with Crippen LogP contribution in [0.25, 0.3) is 5.69 Å². The van der Waals surface area contributed by atoms with Crippen molar-refractivity contribution < 1.29 is 14.7 Å². The van der Waals surface area contributed by atoms with Crippen LogP contribution in [0.15, 0.2) is 36.9 Å². The van der Waals surface area contributed by atoms with E-state index in [4.69, 9.17) is 5.11 Å². The van der Waals surface area contributed by atoms with Crippen LogP contribution in [0.2, 0.25) is 0 Å². The number of carbonyl (C=O) groups is 2. The lowest BCUT2D eigenvalue weighted by atomic mass is 10.1. The van der Waals surface area contributed by atoms with Gasteiger partial charge in [0.25, 0.3) is 5.91 Å². The van der Waals surface area contributed by atoms with Crippen molar-refractivity contribution in [2.24, 2.45) is 5.92 Å². The number of aliphatic carboxylic acids is 1. The quantitative estimate of drug-likeness (QED) is 0.872. The van der Waals surface area contributed by atoms with Gasteiger partial charge in [-0.1, -0.05) is 19.9 Å². The highest BCUT2D eigenvalue weighted by Crippen LogP contribution is 2.12. The highest BCUT2D eigenvalue weighted by atomic mass is 16.4. The molecular weight excluding hydrogens is 284 g/mol. The molecule has 1 N–H and O–H groups in total. The number of hydrogen-bond acceptors (Lipinski definition) is 4. The van der Waals surface area contributed by atoms with E-state index in [2.05, 4.69) is 10.1 Å². The second kappa shape index (κ2) is 6.84. The van der Waals surface area contributed by atoms with Gasteiger partial charge in [-0.05, 0) is 24.1 Å². The molecule has 0 saturated heterocycles. The lowest BCUT2D eigenvalue weighted by Crippen LogP contribution is -2.38. The second-order valence-electron chi connectivity index (χ2n) is 5.36. The Kier molecular flexibility index (Phi) is 4.88. The first-order chi connectivity index (χ1) is 10.5. The van der Waals surface area contributed by atoms with E-state index in [9.17, 15) is 9.59 Å². The predicted molar refractivity (Wildman–Crippen MR) is 79.7 cm³/mol. The SMILES string of the molecule is CC(C)CN(CC(=O)O)C(=O)c1cccc(-n2cncn2)c1. The standard InChI is InChI=1S/C15H18N4O3/c1-11(2)7-18(8-14(20)21)15(22)12-4-3-5-13(6-12)19-10-16-9-17-19/h3-6,9-11H,7-8H2,1-2H3,(H,20,21). The predicted octanol–water partition coefficient (Wildman–Crippen LogP) is 1.45. The minimum absolute atomic E-state index is 0.182. The van der Waals surface area contributed by atoms with E-state index in [1.807, 2.05) is 13.8 Å². The molecule has 0 aliphatic heterocycles. The molecule has 7 nitrogen and oxygen atoms in total. The normalized spacial score (nSPS) is 10.7. The van der Waals surface area contributed by atoms with Crippen LogP contribution < -0.4 is 0 Å². The Balaban J connectivity index is 2.26. The summed E-state index contributed by atoms with van der Waals surface area (Å²) in [4.78, 5) is 28.7. The molecule has 0 bridgehead atoms. The average Bonchev–Trinajstić information content (AvgIpc) is 2.99. The van der Waals surface area contributed by atoms with Crippen LogP contribution >= 0.6 is 0 Å². The minimum atomic E-state index is -1.03. The van der Waals surface area contributed by atoms with E-state index in [0.717, 1.165) is 0 Å². The van der Waals surface area contributed by atoms with Crippen molar-refractivity contribution in [1.82, 2.24) is 19.7 Å². The van der Waals surface area contributed by atoms with Crippen molar-refractivity contribution in [1.29, 1.82) is 0 Å². The van der Waals surface area contributed by atoms with Crippen LogP contribution in [0.3, 0.4) is 0 Å². The van der Waals surface area contributed by atoms with Gasteiger partial charge in [0.2, 0.25) is 0 Å². The fourth-order valence-corrected chi connectivity index (χ4v) is 2.13. The molecule has 1 aromatic heterocycles. The molecule has 0 aliphatic rings. The van der Waals surface area contributed by atoms with Gasteiger partial charge in [-0.15, -0.1) is 0 Å². The summed E-state index contributed by atoms with van der Waals surface area (Å²) in [5.41, 5.74) is 1.12. The largest absolute Gasteiger partial charge is 0.480 e. The molecule has 7 heteroatoms. The summed E-state index contributed by atoms with van der Waals surface area (Å²) in [5.74, 6) is -1.15. The summed E-state index contributed by atoms with van der Waals surface area (Å²) in [7, 11) is 0. The smallest absolute Gasteiger partial charge is 0.323 e. The fraction of sp³-hybridized carbons (Fsp3) is 0.333. The van der Waals surface area contributed by atoms with Crippen LogP contribution in [0, 0.1) is 5.92 Å². The van der Waals surface area contributed by atoms with Crippen LogP contribution in [0.4, 0.5) is 0 Å². The number of nitrogens with zero attached hydrogens (tertiary/aromatic N) is 4. The second-order valence-corrected chi connectivity index (χ2v) is 5.36. The van der Waals surface area contributed by atoms with Crippen molar-refractivity contribution in [3.05, 3.63) is 42.5 Å². The van der Waals surface area contributed by atoms with Crippen molar-refractivity contribution in [2.75, 3.05) is 13.1 Å². The van der Waals surface area contributed by atoms with E-state index in [1.165, 1.54) is 17.6 Å². The summed E-state index contributed by atoms with van der Waals surface area (Å²) in [6.07, 6.45) is 2.94. The molecule has 0 spiro atoms. The van der Waals surface area contributed by atoms with Gasteiger partial charge in [-0.2, -0.15) is 5.10 Å². The zero-order valence-corrected chi connectivity index (χ0v) is 12.5. The number of rotatable bonds is 6. The van der Waals surface area contributed by atoms with Crippen molar-refractivity contribution in [3.63, 3.8) is 0 Å². The highest BCUT2D eigenvalue weighted by Gasteiger charge is 2.20. The van der Waals surface area contributed by atoms with Crippen LogP contribution in [-0.4, -0.2) is 49.7 Å². The third-order valence-electron chi connectivity index (χ3n) is 2.98. The monoisotopic (exact) mass is 302 g/mol. The first kappa shape index (κ1) is 15.7. The van der Waals surface area contributed by atoms with E-state index >= 15 is 0 Å². The molecule has 0 radical (unpaired) electrons. The number of hydrogen-bond donors (Lipinski definition) is 1. The maximum atomic E-state index is 12.6. The lowest BCUT2D eigenvalue weighted by molar-refractivity contribution is -0.137. The number of carboxylic acid groups (broad SMARTS) is 1. The number of benzene rings is 1. The summed E-state index contributed by atoms with van der Waals surface area (Å²) in [5, 5.41) is 13.0. The van der Waals surface area contributed by atoms with E-state index in [-0.39, 0.29) is 18.4 Å². The third kappa shape index (κ3) is 3.91. The maximum Gasteiger partial charge on any atom is 0.323 e. The van der Waals surface area contributed by atoms with Gasteiger partial charge in [0.1, 0.15) is 19.2 Å². The van der Waals surface area contributed by atoms with Crippen LogP contribution in [0.5, 0.6) is 0 Å². The molecule has 116 valence electrons. The number of carbonyl (C=O) groups excluding carboxylic acids is 1. The number of amides is 1. The van der Waals surface area contributed by atoms with Gasteiger partial charge < -0.3 is 10.0 Å². The molecule has 1 aromatic carbocycles. The zero-order chi connectivity index (χ0) is 16.1. The van der Waals surface area contributed by atoms with E-state index in [0.29, 0.717) is 17.8 Å². The summed E-state index contributed by atoms with van der Waals surface area (Å²) >= 11 is 0. The molecule has 0 unspecified atom stereocenters. The molecule has 2 aromatic rings. The van der Waals surface area contributed by atoms with Gasteiger partial charge in [-0.3, -0.25) is 9.59 Å². The first-order valence-electron chi connectivity index (χ1n) is 6.93. The van der Waals surface area contributed by atoms with Gasteiger partial charge in [0.15, 0.2) is 0 Å². The Morgan fingerprint density at radius 2 is 2.14 bits per heavy atom. The molecule has 2 rings (SSSR count). The Morgan fingerprint density at radius 3 is 2.73 bits per heavy atom. The molecule has 0 saturated carbocycles. The maximum absolute atomic E-state index is 12.6. The van der Waals surface area contributed by atoms with Gasteiger partial charge in [0.05, 0.1) is 5.69 Å². The molecule has 0 atom stereocenters. The molecule has 1 amide bonds. The van der Waals surface area contributed by atoms with Crippen LogP contribution in [-0.2, 0) is 4.79 Å². The van der Waals surface area contributed by atoms with Crippen molar-refractivity contribution in [2.45, 2.75) is 13.8 Å². The molecule has 22 heavy (non-hydrogen) atoms. The van der Waals surface area contributed by atoms with E-state index < -0.39 is 5.97 Å². The first-order valence-corrected chi connectivity index (χ1v) is 6.93. The van der Waals surface area contributed by atoms with E-state index in [1.54, 1.807) is 28.9 Å². The van der Waals surface area contributed by atoms with Gasteiger partial charge in [0, 0.05) is 12.1 Å². The summed E-state index contributed by atoms with van der Waals surface area (Å²) < 4.78 is 1.54. The van der Waals surface area contributed by atoms with Crippen LogP contribution in [0.1, 0.15) is 24.2 Å². The van der Waals surface area contributed by atoms with Crippen molar-refractivity contribution >= 4 is 11.9 Å². The Hall–Kier alpha value is -2.70. The topological polar surface area (TPSA) is 88.3 Å². The number of carboxylic acids is 1. The third-order valence-corrected chi connectivity index (χ3v) is 2.98.